The van der Waals surface area contributed by atoms with Gasteiger partial charge in [-0.25, -0.2) is 4.98 Å². The molecule has 0 saturated heterocycles. The number of benzene rings is 2. The number of amides is 1. The van der Waals surface area contributed by atoms with E-state index in [4.69, 9.17) is 9.47 Å². The zero-order chi connectivity index (χ0) is 18.7. The van der Waals surface area contributed by atoms with Crippen LogP contribution in [0.5, 0.6) is 11.5 Å². The van der Waals surface area contributed by atoms with E-state index >= 15 is 0 Å². The first-order valence-corrected chi connectivity index (χ1v) is 8.12. The summed E-state index contributed by atoms with van der Waals surface area (Å²) >= 11 is 0. The summed E-state index contributed by atoms with van der Waals surface area (Å²) < 4.78 is 11.9. The third kappa shape index (κ3) is 3.11. The Morgan fingerprint density at radius 1 is 1.15 bits per heavy atom. The number of ether oxygens (including phenoxy) is 2. The molecule has 0 aliphatic rings. The van der Waals surface area contributed by atoms with Gasteiger partial charge in [-0.05, 0) is 31.2 Å². The van der Waals surface area contributed by atoms with Crippen LogP contribution in [0.3, 0.4) is 0 Å². The Morgan fingerprint density at radius 3 is 2.62 bits per heavy atom. The molecule has 1 N–H and O–H groups in total. The van der Waals surface area contributed by atoms with Gasteiger partial charge in [-0.15, -0.1) is 0 Å². The molecular weight excluding hydrogens is 334 g/mol. The molecule has 2 aromatic carbocycles. The molecule has 1 aromatic heterocycles. The highest BCUT2D eigenvalue weighted by atomic mass is 16.5. The lowest BCUT2D eigenvalue weighted by atomic mass is 10.2. The van der Waals surface area contributed by atoms with Crippen molar-refractivity contribution in [2.24, 2.45) is 0 Å². The SMILES string of the molecule is CCn1c(=O)c(C(=O)Nc2ccc(OC)cc2OC)nc2ccccc21. The molecule has 3 aromatic rings. The molecule has 0 bridgehead atoms. The Hall–Kier alpha value is -3.35. The fourth-order valence-electron chi connectivity index (χ4n) is 2.74. The van der Waals surface area contributed by atoms with E-state index in [1.807, 2.05) is 19.1 Å². The van der Waals surface area contributed by atoms with Crippen LogP contribution >= 0.6 is 0 Å². The van der Waals surface area contributed by atoms with Crippen molar-refractivity contribution in [3.8, 4) is 11.5 Å². The smallest absolute Gasteiger partial charge is 0.282 e. The van der Waals surface area contributed by atoms with Crippen molar-refractivity contribution in [1.82, 2.24) is 9.55 Å². The summed E-state index contributed by atoms with van der Waals surface area (Å²) in [5.74, 6) is 0.428. The zero-order valence-electron chi connectivity index (χ0n) is 14.8. The van der Waals surface area contributed by atoms with Crippen molar-refractivity contribution in [2.75, 3.05) is 19.5 Å². The zero-order valence-corrected chi connectivity index (χ0v) is 14.8. The van der Waals surface area contributed by atoms with E-state index in [-0.39, 0.29) is 5.69 Å². The summed E-state index contributed by atoms with van der Waals surface area (Å²) in [6.45, 7) is 2.29. The van der Waals surface area contributed by atoms with E-state index in [0.717, 1.165) is 0 Å². The maximum atomic E-state index is 12.7. The molecule has 134 valence electrons. The van der Waals surface area contributed by atoms with Crippen LogP contribution in [0.2, 0.25) is 0 Å². The van der Waals surface area contributed by atoms with Gasteiger partial charge in [0.15, 0.2) is 5.69 Å². The Bertz CT molecular complexity index is 1030. The first-order chi connectivity index (χ1) is 12.6. The van der Waals surface area contributed by atoms with Crippen LogP contribution in [-0.4, -0.2) is 29.7 Å². The maximum Gasteiger partial charge on any atom is 0.282 e. The van der Waals surface area contributed by atoms with Crippen LogP contribution in [0.15, 0.2) is 47.3 Å². The van der Waals surface area contributed by atoms with Crippen LogP contribution in [-0.2, 0) is 6.54 Å². The van der Waals surface area contributed by atoms with Gasteiger partial charge in [0, 0.05) is 12.6 Å². The second-order valence-corrected chi connectivity index (χ2v) is 5.52. The van der Waals surface area contributed by atoms with Gasteiger partial charge < -0.3 is 19.4 Å². The summed E-state index contributed by atoms with van der Waals surface area (Å²) in [6.07, 6.45) is 0. The molecule has 1 amide bonds. The number of carbonyl (C=O) groups excluding carboxylic acids is 1. The van der Waals surface area contributed by atoms with Gasteiger partial charge in [-0.2, -0.15) is 0 Å². The molecule has 0 saturated carbocycles. The molecule has 7 nitrogen and oxygen atoms in total. The Kier molecular flexibility index (Phi) is 4.88. The van der Waals surface area contributed by atoms with Gasteiger partial charge in [0.05, 0.1) is 30.9 Å². The van der Waals surface area contributed by atoms with E-state index in [2.05, 4.69) is 10.3 Å². The first-order valence-electron chi connectivity index (χ1n) is 8.12. The molecule has 0 aliphatic carbocycles. The second kappa shape index (κ2) is 7.26. The number of para-hydroxylation sites is 2. The molecule has 0 atom stereocenters. The monoisotopic (exact) mass is 353 g/mol. The Labute approximate surface area is 150 Å². The van der Waals surface area contributed by atoms with Crippen LogP contribution < -0.4 is 20.3 Å². The molecule has 0 spiro atoms. The fourth-order valence-corrected chi connectivity index (χ4v) is 2.74. The van der Waals surface area contributed by atoms with E-state index in [1.165, 1.54) is 11.7 Å². The predicted molar refractivity (Wildman–Crippen MR) is 99.2 cm³/mol. The number of aromatic nitrogens is 2. The minimum Gasteiger partial charge on any atom is -0.497 e. The van der Waals surface area contributed by atoms with Crippen molar-refractivity contribution >= 4 is 22.6 Å². The number of carbonyl (C=O) groups is 1. The number of methoxy groups -OCH3 is 2. The molecular formula is C19H19N3O4. The van der Waals surface area contributed by atoms with Gasteiger partial charge in [-0.1, -0.05) is 12.1 Å². The summed E-state index contributed by atoms with van der Waals surface area (Å²) in [4.78, 5) is 29.6. The highest BCUT2D eigenvalue weighted by Gasteiger charge is 2.18. The third-order valence-electron chi connectivity index (χ3n) is 4.04. The topological polar surface area (TPSA) is 82.5 Å². The van der Waals surface area contributed by atoms with E-state index < -0.39 is 11.5 Å². The van der Waals surface area contributed by atoms with Crippen LogP contribution in [0, 0.1) is 0 Å². The standard InChI is InChI=1S/C19H19N3O4/c1-4-22-15-8-6-5-7-13(15)20-17(19(22)24)18(23)21-14-10-9-12(25-2)11-16(14)26-3/h5-11H,4H2,1-3H3,(H,21,23). The number of nitrogens with one attached hydrogen (secondary N) is 1. The van der Waals surface area contributed by atoms with Gasteiger partial charge in [0.1, 0.15) is 11.5 Å². The molecule has 3 rings (SSSR count). The van der Waals surface area contributed by atoms with E-state index in [1.54, 1.807) is 37.4 Å². The maximum absolute atomic E-state index is 12.7. The van der Waals surface area contributed by atoms with E-state index in [0.29, 0.717) is 34.8 Å². The summed E-state index contributed by atoms with van der Waals surface area (Å²) in [5, 5.41) is 2.69. The Balaban J connectivity index is 2.03. The van der Waals surface area contributed by atoms with Crippen molar-refractivity contribution in [2.45, 2.75) is 13.5 Å². The summed E-state index contributed by atoms with van der Waals surface area (Å²) in [7, 11) is 3.03. The minimum atomic E-state index is -0.591. The highest BCUT2D eigenvalue weighted by Crippen LogP contribution is 2.29. The fraction of sp³-hybridized carbons (Fsp3) is 0.211. The lowest BCUT2D eigenvalue weighted by Crippen LogP contribution is -2.31. The van der Waals surface area contributed by atoms with Crippen LogP contribution in [0.25, 0.3) is 11.0 Å². The lowest BCUT2D eigenvalue weighted by Gasteiger charge is -2.13. The predicted octanol–water partition coefficient (Wildman–Crippen LogP) is 2.69. The average molecular weight is 353 g/mol. The van der Waals surface area contributed by atoms with Crippen LogP contribution in [0.4, 0.5) is 5.69 Å². The average Bonchev–Trinajstić information content (AvgIpc) is 2.67. The molecule has 0 fully saturated rings. The molecule has 0 aliphatic heterocycles. The molecule has 26 heavy (non-hydrogen) atoms. The normalized spacial score (nSPS) is 10.6. The minimum absolute atomic E-state index is 0.163. The summed E-state index contributed by atoms with van der Waals surface area (Å²) in [6, 6.07) is 12.2. The molecule has 0 unspecified atom stereocenters. The van der Waals surface area contributed by atoms with E-state index in [9.17, 15) is 9.59 Å². The number of hydrogen-bond acceptors (Lipinski definition) is 5. The summed E-state index contributed by atoms with van der Waals surface area (Å²) in [5.41, 5.74) is 1.11. The van der Waals surface area contributed by atoms with Crippen molar-refractivity contribution in [3.05, 3.63) is 58.5 Å². The number of aryl methyl sites for hydroxylation is 1. The second-order valence-electron chi connectivity index (χ2n) is 5.52. The van der Waals surface area contributed by atoms with Gasteiger partial charge in [0.2, 0.25) is 0 Å². The Morgan fingerprint density at radius 2 is 1.92 bits per heavy atom. The lowest BCUT2D eigenvalue weighted by molar-refractivity contribution is 0.102. The van der Waals surface area contributed by atoms with Crippen molar-refractivity contribution in [3.63, 3.8) is 0 Å². The van der Waals surface area contributed by atoms with Gasteiger partial charge >= 0.3 is 0 Å². The highest BCUT2D eigenvalue weighted by molar-refractivity contribution is 6.04. The van der Waals surface area contributed by atoms with Crippen molar-refractivity contribution in [1.29, 1.82) is 0 Å². The number of anilines is 1. The molecule has 7 heteroatoms. The molecule has 0 radical (unpaired) electrons. The largest absolute Gasteiger partial charge is 0.497 e. The number of rotatable bonds is 5. The van der Waals surface area contributed by atoms with Crippen molar-refractivity contribution < 1.29 is 14.3 Å². The van der Waals surface area contributed by atoms with Gasteiger partial charge in [-0.3, -0.25) is 9.59 Å². The third-order valence-corrected chi connectivity index (χ3v) is 4.04. The number of nitrogens with zero attached hydrogens (tertiary/aromatic N) is 2. The number of fused-ring (bicyclic) bond motifs is 1. The van der Waals surface area contributed by atoms with Gasteiger partial charge in [0.25, 0.3) is 11.5 Å². The quantitative estimate of drug-likeness (QED) is 0.762. The van der Waals surface area contributed by atoms with Crippen LogP contribution in [0.1, 0.15) is 17.4 Å². The first kappa shape index (κ1) is 17.5. The molecule has 1 heterocycles. The number of hydrogen-bond donors (Lipinski definition) is 1.